The van der Waals surface area contributed by atoms with Crippen LogP contribution in [-0.4, -0.2) is 43.0 Å². The van der Waals surface area contributed by atoms with E-state index in [-0.39, 0.29) is 24.8 Å². The van der Waals surface area contributed by atoms with Gasteiger partial charge < -0.3 is 19.9 Å². The summed E-state index contributed by atoms with van der Waals surface area (Å²) in [6.45, 7) is 2.29. The molecule has 1 aromatic carbocycles. The van der Waals surface area contributed by atoms with Crippen LogP contribution in [-0.2, 0) is 9.59 Å². The second-order valence-corrected chi connectivity index (χ2v) is 7.04. The molecule has 7 nitrogen and oxygen atoms in total. The molecule has 1 aromatic heterocycles. The first kappa shape index (κ1) is 18.3. The molecule has 0 aliphatic carbocycles. The van der Waals surface area contributed by atoms with Crippen molar-refractivity contribution in [3.63, 3.8) is 0 Å². The van der Waals surface area contributed by atoms with Gasteiger partial charge in [0.1, 0.15) is 5.75 Å². The van der Waals surface area contributed by atoms with E-state index in [9.17, 15) is 9.59 Å². The number of nitrogens with one attached hydrogen (secondary N) is 1. The Kier molecular flexibility index (Phi) is 5.41. The summed E-state index contributed by atoms with van der Waals surface area (Å²) in [5.74, 6) is 0.395. The Labute approximate surface area is 164 Å². The Balaban J connectivity index is 1.41. The van der Waals surface area contributed by atoms with Crippen molar-refractivity contribution in [2.24, 2.45) is 0 Å². The number of piperidine rings is 1. The molecule has 1 N–H and O–H groups in total. The fourth-order valence-corrected chi connectivity index (χ4v) is 3.72. The molecule has 3 heterocycles. The van der Waals surface area contributed by atoms with E-state index >= 15 is 0 Å². The van der Waals surface area contributed by atoms with Crippen molar-refractivity contribution in [3.05, 3.63) is 42.7 Å². The first-order valence-electron chi connectivity index (χ1n) is 9.73. The SMILES string of the molecule is O=C(CCN1C(=O)COc2ccccc21)Nc1cnccc1N1CCCCC1. The fraction of sp³-hybridized carbons (Fsp3) is 0.381. The maximum absolute atomic E-state index is 12.6. The Bertz CT molecular complexity index is 864. The maximum atomic E-state index is 12.6. The molecule has 2 aromatic rings. The second kappa shape index (κ2) is 8.29. The monoisotopic (exact) mass is 380 g/mol. The van der Waals surface area contributed by atoms with Crippen LogP contribution in [0.1, 0.15) is 25.7 Å². The third-order valence-corrected chi connectivity index (χ3v) is 5.14. The molecule has 2 aliphatic rings. The lowest BCUT2D eigenvalue weighted by atomic mass is 10.1. The highest BCUT2D eigenvalue weighted by Crippen LogP contribution is 2.32. The van der Waals surface area contributed by atoms with E-state index in [1.165, 1.54) is 6.42 Å². The Morgan fingerprint density at radius 2 is 1.93 bits per heavy atom. The summed E-state index contributed by atoms with van der Waals surface area (Å²) in [7, 11) is 0. The number of carbonyl (C=O) groups excluding carboxylic acids is 2. The smallest absolute Gasteiger partial charge is 0.265 e. The van der Waals surface area contributed by atoms with Gasteiger partial charge in [-0.2, -0.15) is 0 Å². The quantitative estimate of drug-likeness (QED) is 0.863. The Hall–Kier alpha value is -3.09. The molecular formula is C21H24N4O3. The number of hydrogen-bond donors (Lipinski definition) is 1. The van der Waals surface area contributed by atoms with Gasteiger partial charge in [0, 0.05) is 32.3 Å². The van der Waals surface area contributed by atoms with Crippen LogP contribution in [0.25, 0.3) is 0 Å². The van der Waals surface area contributed by atoms with Crippen molar-refractivity contribution >= 4 is 28.9 Å². The number of rotatable bonds is 5. The summed E-state index contributed by atoms with van der Waals surface area (Å²) in [4.78, 5) is 32.9. The zero-order valence-electron chi connectivity index (χ0n) is 15.8. The minimum Gasteiger partial charge on any atom is -0.482 e. The van der Waals surface area contributed by atoms with E-state index in [1.54, 1.807) is 17.3 Å². The van der Waals surface area contributed by atoms with Crippen LogP contribution in [0.15, 0.2) is 42.7 Å². The van der Waals surface area contributed by atoms with Crippen molar-refractivity contribution in [3.8, 4) is 5.75 Å². The van der Waals surface area contributed by atoms with Gasteiger partial charge in [-0.25, -0.2) is 0 Å². The highest BCUT2D eigenvalue weighted by Gasteiger charge is 2.25. The highest BCUT2D eigenvalue weighted by molar-refractivity contribution is 5.99. The molecule has 0 spiro atoms. The topological polar surface area (TPSA) is 74.8 Å². The number of fused-ring (bicyclic) bond motifs is 1. The predicted molar refractivity (Wildman–Crippen MR) is 108 cm³/mol. The van der Waals surface area contributed by atoms with Crippen molar-refractivity contribution in [1.29, 1.82) is 0 Å². The molecule has 2 amide bonds. The van der Waals surface area contributed by atoms with Gasteiger partial charge >= 0.3 is 0 Å². The van der Waals surface area contributed by atoms with E-state index in [0.717, 1.165) is 37.3 Å². The predicted octanol–water partition coefficient (Wildman–Crippen LogP) is 2.83. The van der Waals surface area contributed by atoms with Crippen molar-refractivity contribution < 1.29 is 14.3 Å². The third kappa shape index (κ3) is 3.93. The van der Waals surface area contributed by atoms with Crippen molar-refractivity contribution in [2.75, 3.05) is 41.4 Å². The van der Waals surface area contributed by atoms with Crippen LogP contribution in [0.2, 0.25) is 0 Å². The minimum absolute atomic E-state index is 0.000343. The lowest BCUT2D eigenvalue weighted by Gasteiger charge is -2.30. The number of para-hydroxylation sites is 2. The lowest BCUT2D eigenvalue weighted by Crippen LogP contribution is -2.40. The number of carbonyl (C=O) groups is 2. The number of benzene rings is 1. The van der Waals surface area contributed by atoms with Crippen molar-refractivity contribution in [2.45, 2.75) is 25.7 Å². The maximum Gasteiger partial charge on any atom is 0.265 e. The van der Waals surface area contributed by atoms with E-state index < -0.39 is 0 Å². The minimum atomic E-state index is -0.137. The summed E-state index contributed by atoms with van der Waals surface area (Å²) in [6, 6.07) is 9.33. The summed E-state index contributed by atoms with van der Waals surface area (Å²) < 4.78 is 5.45. The van der Waals surface area contributed by atoms with E-state index in [0.29, 0.717) is 18.0 Å². The zero-order valence-corrected chi connectivity index (χ0v) is 15.8. The number of ether oxygens (including phenoxy) is 1. The average Bonchev–Trinajstić information content (AvgIpc) is 2.74. The standard InChI is InChI=1S/C21H24N4O3/c26-20(9-13-25-18-6-2-3-7-19(18)28-15-21(25)27)23-16-14-22-10-8-17(16)24-11-4-1-5-12-24/h2-3,6-8,10,14H,1,4-5,9,11-13,15H2,(H,23,26). The average molecular weight is 380 g/mol. The van der Waals surface area contributed by atoms with Crippen LogP contribution >= 0.6 is 0 Å². The molecule has 0 atom stereocenters. The van der Waals surface area contributed by atoms with Crippen LogP contribution in [0, 0.1) is 0 Å². The molecule has 2 aliphatic heterocycles. The van der Waals surface area contributed by atoms with Crippen LogP contribution < -0.4 is 19.9 Å². The van der Waals surface area contributed by atoms with Gasteiger partial charge in [-0.1, -0.05) is 12.1 Å². The van der Waals surface area contributed by atoms with Crippen LogP contribution in [0.4, 0.5) is 17.1 Å². The largest absolute Gasteiger partial charge is 0.482 e. The van der Waals surface area contributed by atoms with Crippen LogP contribution in [0.5, 0.6) is 5.75 Å². The molecule has 0 unspecified atom stereocenters. The Morgan fingerprint density at radius 1 is 1.11 bits per heavy atom. The summed E-state index contributed by atoms with van der Waals surface area (Å²) in [6.07, 6.45) is 7.22. The van der Waals surface area contributed by atoms with Gasteiger partial charge in [0.2, 0.25) is 5.91 Å². The zero-order chi connectivity index (χ0) is 19.3. The lowest BCUT2D eigenvalue weighted by molar-refractivity contribution is -0.121. The first-order chi connectivity index (χ1) is 13.7. The number of hydrogen-bond acceptors (Lipinski definition) is 5. The molecule has 1 saturated heterocycles. The van der Waals surface area contributed by atoms with Crippen molar-refractivity contribution in [1.82, 2.24) is 4.98 Å². The Morgan fingerprint density at radius 3 is 2.79 bits per heavy atom. The van der Waals surface area contributed by atoms with E-state index in [2.05, 4.69) is 15.2 Å². The molecule has 28 heavy (non-hydrogen) atoms. The molecule has 4 rings (SSSR count). The molecule has 0 saturated carbocycles. The molecule has 0 bridgehead atoms. The number of pyridine rings is 1. The number of anilines is 3. The number of amides is 2. The third-order valence-electron chi connectivity index (χ3n) is 5.14. The van der Waals surface area contributed by atoms with Gasteiger partial charge in [-0.15, -0.1) is 0 Å². The number of aromatic nitrogens is 1. The van der Waals surface area contributed by atoms with E-state index in [4.69, 9.17) is 4.74 Å². The normalized spacial score (nSPS) is 16.4. The van der Waals surface area contributed by atoms with Crippen LogP contribution in [0.3, 0.4) is 0 Å². The van der Waals surface area contributed by atoms with Gasteiger partial charge in [0.25, 0.3) is 5.91 Å². The number of nitrogens with zero attached hydrogens (tertiary/aromatic N) is 3. The summed E-state index contributed by atoms with van der Waals surface area (Å²) >= 11 is 0. The molecule has 0 radical (unpaired) electrons. The summed E-state index contributed by atoms with van der Waals surface area (Å²) in [5.41, 5.74) is 2.45. The molecule has 1 fully saturated rings. The van der Waals surface area contributed by atoms with Gasteiger partial charge in [-0.3, -0.25) is 14.6 Å². The van der Waals surface area contributed by atoms with E-state index in [1.807, 2.05) is 30.3 Å². The highest BCUT2D eigenvalue weighted by atomic mass is 16.5. The van der Waals surface area contributed by atoms with Gasteiger partial charge in [-0.05, 0) is 37.5 Å². The molecule has 7 heteroatoms. The molecular weight excluding hydrogens is 356 g/mol. The molecule has 146 valence electrons. The fourth-order valence-electron chi connectivity index (χ4n) is 3.72. The van der Waals surface area contributed by atoms with Gasteiger partial charge in [0.15, 0.2) is 6.61 Å². The summed E-state index contributed by atoms with van der Waals surface area (Å²) in [5, 5.41) is 2.97. The first-order valence-corrected chi connectivity index (χ1v) is 9.73. The second-order valence-electron chi connectivity index (χ2n) is 7.04. The van der Waals surface area contributed by atoms with Gasteiger partial charge in [0.05, 0.1) is 23.3 Å².